The second-order valence-electron chi connectivity index (χ2n) is 5.00. The maximum absolute atomic E-state index is 12.0. The molecule has 0 aliphatic carbocycles. The Hall–Kier alpha value is -2.03. The van der Waals surface area contributed by atoms with Gasteiger partial charge in [-0.3, -0.25) is 4.79 Å². The van der Waals surface area contributed by atoms with E-state index < -0.39 is 0 Å². The molecule has 0 fully saturated rings. The van der Waals surface area contributed by atoms with E-state index in [1.807, 2.05) is 42.6 Å². The highest BCUT2D eigenvalue weighted by molar-refractivity contribution is 6.42. The van der Waals surface area contributed by atoms with Gasteiger partial charge in [0.25, 0.3) is 5.56 Å². The molecule has 0 N–H and O–H groups in total. The number of hydrogen-bond acceptors (Lipinski definition) is 1. The van der Waals surface area contributed by atoms with Crippen molar-refractivity contribution in [3.05, 3.63) is 92.8 Å². The van der Waals surface area contributed by atoms with Crippen LogP contribution in [0, 0.1) is 0 Å². The molecule has 0 aliphatic rings. The first kappa shape index (κ1) is 14.9. The number of pyridine rings is 1. The van der Waals surface area contributed by atoms with Gasteiger partial charge in [0.1, 0.15) is 0 Å². The van der Waals surface area contributed by atoms with Gasteiger partial charge in [0.2, 0.25) is 0 Å². The van der Waals surface area contributed by atoms with Crippen LogP contribution in [0.1, 0.15) is 5.56 Å². The zero-order valence-corrected chi connectivity index (χ0v) is 13.2. The summed E-state index contributed by atoms with van der Waals surface area (Å²) in [4.78, 5) is 12.0. The zero-order valence-electron chi connectivity index (χ0n) is 11.7. The number of aromatic nitrogens is 1. The zero-order chi connectivity index (χ0) is 15.5. The monoisotopic (exact) mass is 329 g/mol. The summed E-state index contributed by atoms with van der Waals surface area (Å²) in [5.74, 6) is 0. The third-order valence-corrected chi connectivity index (χ3v) is 4.17. The summed E-state index contributed by atoms with van der Waals surface area (Å²) in [5.41, 5.74) is 2.90. The van der Waals surface area contributed by atoms with Gasteiger partial charge in [0.15, 0.2) is 0 Å². The summed E-state index contributed by atoms with van der Waals surface area (Å²) in [6, 6.07) is 18.7. The normalized spacial score (nSPS) is 10.6. The first-order valence-electron chi connectivity index (χ1n) is 6.83. The summed E-state index contributed by atoms with van der Waals surface area (Å²) in [6.45, 7) is 0.537. The van der Waals surface area contributed by atoms with E-state index in [9.17, 15) is 4.79 Å². The molecule has 0 atom stereocenters. The van der Waals surface area contributed by atoms with Crippen LogP contribution < -0.4 is 5.56 Å². The molecule has 0 radical (unpaired) electrons. The number of benzene rings is 2. The molecule has 2 aromatic carbocycles. The minimum absolute atomic E-state index is 0.0346. The van der Waals surface area contributed by atoms with E-state index >= 15 is 0 Å². The highest BCUT2D eigenvalue weighted by Crippen LogP contribution is 2.28. The SMILES string of the molecule is O=c1ccc(-c2ccc(Cl)c(Cl)c2)cn1Cc1ccccc1. The molecule has 0 saturated carbocycles. The first-order valence-corrected chi connectivity index (χ1v) is 7.59. The van der Waals surface area contributed by atoms with Crippen molar-refractivity contribution in [1.82, 2.24) is 4.57 Å². The predicted octanol–water partition coefficient (Wildman–Crippen LogP) is 4.87. The van der Waals surface area contributed by atoms with E-state index in [1.54, 1.807) is 28.8 Å². The third-order valence-electron chi connectivity index (χ3n) is 3.43. The minimum atomic E-state index is -0.0346. The third kappa shape index (κ3) is 3.24. The van der Waals surface area contributed by atoms with Gasteiger partial charge in [-0.15, -0.1) is 0 Å². The van der Waals surface area contributed by atoms with Gasteiger partial charge in [-0.2, -0.15) is 0 Å². The van der Waals surface area contributed by atoms with Crippen molar-refractivity contribution in [2.24, 2.45) is 0 Å². The van der Waals surface area contributed by atoms with Crippen molar-refractivity contribution in [2.75, 3.05) is 0 Å². The molecular formula is C18H13Cl2NO. The molecule has 0 spiro atoms. The number of halogens is 2. The minimum Gasteiger partial charge on any atom is -0.310 e. The van der Waals surface area contributed by atoms with Crippen molar-refractivity contribution < 1.29 is 0 Å². The van der Waals surface area contributed by atoms with Gasteiger partial charge in [0, 0.05) is 12.3 Å². The lowest BCUT2D eigenvalue weighted by atomic mass is 10.1. The van der Waals surface area contributed by atoms with Crippen LogP contribution in [0.25, 0.3) is 11.1 Å². The highest BCUT2D eigenvalue weighted by atomic mass is 35.5. The highest BCUT2D eigenvalue weighted by Gasteiger charge is 2.05. The lowest BCUT2D eigenvalue weighted by Gasteiger charge is -2.09. The fourth-order valence-electron chi connectivity index (χ4n) is 2.28. The van der Waals surface area contributed by atoms with Crippen LogP contribution in [-0.2, 0) is 6.54 Å². The van der Waals surface area contributed by atoms with Gasteiger partial charge < -0.3 is 4.57 Å². The Kier molecular flexibility index (Phi) is 4.32. The lowest BCUT2D eigenvalue weighted by Crippen LogP contribution is -2.19. The molecule has 4 heteroatoms. The molecule has 0 saturated heterocycles. The fourth-order valence-corrected chi connectivity index (χ4v) is 2.58. The van der Waals surface area contributed by atoms with Crippen LogP contribution in [-0.4, -0.2) is 4.57 Å². The maximum Gasteiger partial charge on any atom is 0.250 e. The Morgan fingerprint density at radius 2 is 1.55 bits per heavy atom. The van der Waals surface area contributed by atoms with E-state index in [4.69, 9.17) is 23.2 Å². The Labute approximate surface area is 138 Å². The predicted molar refractivity (Wildman–Crippen MR) is 91.7 cm³/mol. The van der Waals surface area contributed by atoms with Gasteiger partial charge >= 0.3 is 0 Å². The molecule has 3 aromatic rings. The molecule has 0 amide bonds. The summed E-state index contributed by atoms with van der Waals surface area (Å²) >= 11 is 12.0. The van der Waals surface area contributed by atoms with Crippen molar-refractivity contribution in [3.8, 4) is 11.1 Å². The second-order valence-corrected chi connectivity index (χ2v) is 5.81. The van der Waals surface area contributed by atoms with Gasteiger partial charge in [-0.1, -0.05) is 59.6 Å². The first-order chi connectivity index (χ1) is 10.6. The summed E-state index contributed by atoms with van der Waals surface area (Å²) < 4.78 is 1.69. The van der Waals surface area contributed by atoms with Crippen LogP contribution in [0.5, 0.6) is 0 Å². The largest absolute Gasteiger partial charge is 0.310 e. The smallest absolute Gasteiger partial charge is 0.250 e. The maximum atomic E-state index is 12.0. The molecule has 0 bridgehead atoms. The van der Waals surface area contributed by atoms with Crippen molar-refractivity contribution in [3.63, 3.8) is 0 Å². The topological polar surface area (TPSA) is 22.0 Å². The van der Waals surface area contributed by atoms with E-state index in [1.165, 1.54) is 0 Å². The summed E-state index contributed by atoms with van der Waals surface area (Å²) in [6.07, 6.45) is 1.84. The van der Waals surface area contributed by atoms with Gasteiger partial charge in [-0.25, -0.2) is 0 Å². The van der Waals surface area contributed by atoms with E-state index in [-0.39, 0.29) is 5.56 Å². The van der Waals surface area contributed by atoms with Crippen LogP contribution >= 0.6 is 23.2 Å². The van der Waals surface area contributed by atoms with Crippen LogP contribution in [0.2, 0.25) is 10.0 Å². The Morgan fingerprint density at radius 3 is 2.27 bits per heavy atom. The second kappa shape index (κ2) is 6.39. The van der Waals surface area contributed by atoms with E-state index in [2.05, 4.69) is 0 Å². The molecule has 22 heavy (non-hydrogen) atoms. The van der Waals surface area contributed by atoms with Crippen LogP contribution in [0.3, 0.4) is 0 Å². The van der Waals surface area contributed by atoms with Gasteiger partial charge in [0.05, 0.1) is 16.6 Å². The standard InChI is InChI=1S/C18H13Cl2NO/c19-16-8-6-14(10-17(16)20)15-7-9-18(22)21(12-15)11-13-4-2-1-3-5-13/h1-10,12H,11H2. The van der Waals surface area contributed by atoms with Crippen molar-refractivity contribution >= 4 is 23.2 Å². The number of rotatable bonds is 3. The molecule has 3 rings (SSSR count). The van der Waals surface area contributed by atoms with E-state index in [0.29, 0.717) is 16.6 Å². The Morgan fingerprint density at radius 1 is 0.818 bits per heavy atom. The molecular weight excluding hydrogens is 317 g/mol. The molecule has 1 heterocycles. The average Bonchev–Trinajstić information content (AvgIpc) is 2.53. The molecule has 0 unspecified atom stereocenters. The van der Waals surface area contributed by atoms with Crippen molar-refractivity contribution in [1.29, 1.82) is 0 Å². The van der Waals surface area contributed by atoms with Gasteiger partial charge in [-0.05, 0) is 34.9 Å². The van der Waals surface area contributed by atoms with Crippen LogP contribution in [0.15, 0.2) is 71.7 Å². The molecule has 2 nitrogen and oxygen atoms in total. The Bertz CT molecular complexity index is 856. The summed E-state index contributed by atoms with van der Waals surface area (Å²) in [7, 11) is 0. The fraction of sp³-hybridized carbons (Fsp3) is 0.0556. The number of nitrogens with zero attached hydrogens (tertiary/aromatic N) is 1. The van der Waals surface area contributed by atoms with Crippen LogP contribution in [0.4, 0.5) is 0 Å². The molecule has 110 valence electrons. The number of hydrogen-bond donors (Lipinski definition) is 0. The van der Waals surface area contributed by atoms with E-state index in [0.717, 1.165) is 16.7 Å². The van der Waals surface area contributed by atoms with Crippen molar-refractivity contribution in [2.45, 2.75) is 6.54 Å². The molecule has 0 aliphatic heterocycles. The average molecular weight is 330 g/mol. The summed E-state index contributed by atoms with van der Waals surface area (Å²) in [5, 5.41) is 1.02. The Balaban J connectivity index is 1.99. The lowest BCUT2D eigenvalue weighted by molar-refractivity contribution is 0.761. The molecule has 1 aromatic heterocycles. The quantitative estimate of drug-likeness (QED) is 0.671.